The van der Waals surface area contributed by atoms with E-state index in [-0.39, 0.29) is 24.1 Å². The largest absolute Gasteiger partial charge is 0.388 e. The molecule has 2 aliphatic heterocycles. The van der Waals surface area contributed by atoms with Crippen LogP contribution in [0.2, 0.25) is 0 Å². The van der Waals surface area contributed by atoms with E-state index in [2.05, 4.69) is 26.7 Å². The molecule has 1 unspecified atom stereocenters. The number of amides is 3. The van der Waals surface area contributed by atoms with Crippen LogP contribution >= 0.6 is 0 Å². The average Bonchev–Trinajstić information content (AvgIpc) is 3.28. The molecule has 1 saturated carbocycles. The highest BCUT2D eigenvalue weighted by atomic mass is 16.2. The summed E-state index contributed by atoms with van der Waals surface area (Å²) in [5, 5.41) is 13.6. The Balaban J connectivity index is 0.934. The number of carbonyl (C=O) groups is 3. The second kappa shape index (κ2) is 11.6. The van der Waals surface area contributed by atoms with Gasteiger partial charge in [-0.1, -0.05) is 37.1 Å². The Hall–Kier alpha value is -4.40. The predicted molar refractivity (Wildman–Crippen MR) is 156 cm³/mol. The van der Waals surface area contributed by atoms with Crippen molar-refractivity contribution in [3.05, 3.63) is 77.2 Å². The van der Waals surface area contributed by atoms with E-state index in [1.807, 2.05) is 42.6 Å². The van der Waals surface area contributed by atoms with Crippen LogP contribution in [-0.4, -0.2) is 50.9 Å². The second-order valence-corrected chi connectivity index (χ2v) is 11.3. The van der Waals surface area contributed by atoms with Gasteiger partial charge in [0.1, 0.15) is 6.04 Å². The molecular weight excluding hydrogens is 516 g/mol. The maximum atomic E-state index is 13.1. The minimum Gasteiger partial charge on any atom is -0.388 e. The molecule has 3 amide bonds. The Morgan fingerprint density at radius 1 is 1.10 bits per heavy atom. The molecule has 1 aromatic heterocycles. The van der Waals surface area contributed by atoms with Gasteiger partial charge in [-0.3, -0.25) is 24.7 Å². The minimum atomic E-state index is -0.573. The maximum Gasteiger partial charge on any atom is 0.255 e. The molecule has 41 heavy (non-hydrogen) atoms. The number of unbranched alkanes of at least 4 members (excludes halogenated alkanes) is 1. The summed E-state index contributed by atoms with van der Waals surface area (Å²) in [4.78, 5) is 47.5. The Morgan fingerprint density at radius 3 is 2.73 bits per heavy atom. The number of nitrogens with one attached hydrogen (secondary N) is 3. The quantitative estimate of drug-likeness (QED) is 0.198. The van der Waals surface area contributed by atoms with Gasteiger partial charge in [0.25, 0.3) is 5.91 Å². The van der Waals surface area contributed by atoms with Crippen LogP contribution in [-0.2, 0) is 22.6 Å². The third-order valence-electron chi connectivity index (χ3n) is 8.53. The number of rotatable bonds is 10. The molecule has 3 heterocycles. The Morgan fingerprint density at radius 2 is 1.93 bits per heavy atom. The molecule has 1 aliphatic carbocycles. The number of piperidine rings is 1. The van der Waals surface area contributed by atoms with Crippen LogP contribution in [0.5, 0.6) is 0 Å². The van der Waals surface area contributed by atoms with E-state index >= 15 is 0 Å². The summed E-state index contributed by atoms with van der Waals surface area (Å²) in [5.41, 5.74) is 5.87. The summed E-state index contributed by atoms with van der Waals surface area (Å²) in [5.74, 6) is -0.0559. The fraction of sp³-hybridized carbons (Fsp3) is 0.375. The van der Waals surface area contributed by atoms with Gasteiger partial charge in [0, 0.05) is 42.6 Å². The number of para-hydroxylation sites is 2. The third kappa shape index (κ3) is 5.75. The number of hydrogen-bond acceptors (Lipinski definition) is 7. The summed E-state index contributed by atoms with van der Waals surface area (Å²) in [7, 11) is 0. The normalized spacial score (nSPS) is 22.3. The van der Waals surface area contributed by atoms with Gasteiger partial charge in [0.2, 0.25) is 11.8 Å². The predicted octanol–water partition coefficient (Wildman–Crippen LogP) is 4.16. The van der Waals surface area contributed by atoms with Crippen LogP contribution in [0, 0.1) is 11.3 Å². The number of allylic oxidation sites excluding steroid dienone is 1. The van der Waals surface area contributed by atoms with Gasteiger partial charge in [0.15, 0.2) is 0 Å². The van der Waals surface area contributed by atoms with Crippen LogP contribution in [0.4, 0.5) is 0 Å². The highest BCUT2D eigenvalue weighted by Crippen LogP contribution is 2.33. The standard InChI is InChI=1S/C32H34N6O3/c33-16-23(28-18-35-26-7-3-4-8-27(26)36-28)17-34-24-13-21(14-24)6-2-1-5-20-9-10-22-19-38(32(41)25(22)15-20)29-11-12-30(39)37-31(29)40/h3-4,7-10,15-18,21,24,29,33-34H,1-2,5-6,11-14,19H2,(H,37,39,40)/b23-17+,33-16?. The molecule has 0 bridgehead atoms. The van der Waals surface area contributed by atoms with E-state index in [0.717, 1.165) is 59.8 Å². The summed E-state index contributed by atoms with van der Waals surface area (Å²) in [6.45, 7) is 0.420. The molecule has 1 atom stereocenters. The van der Waals surface area contributed by atoms with E-state index in [1.165, 1.54) is 12.6 Å². The summed E-state index contributed by atoms with van der Waals surface area (Å²) in [6, 6.07) is 13.7. The molecule has 0 radical (unpaired) electrons. The molecule has 2 aromatic carbocycles. The van der Waals surface area contributed by atoms with Crippen molar-refractivity contribution in [1.29, 1.82) is 5.41 Å². The van der Waals surface area contributed by atoms with E-state index in [1.54, 1.807) is 11.1 Å². The van der Waals surface area contributed by atoms with E-state index in [0.29, 0.717) is 36.2 Å². The first-order valence-electron chi connectivity index (χ1n) is 14.4. The molecule has 210 valence electrons. The van der Waals surface area contributed by atoms with Crippen molar-refractivity contribution in [2.24, 2.45) is 5.92 Å². The molecule has 3 N–H and O–H groups in total. The number of hydrogen-bond donors (Lipinski definition) is 3. The molecule has 2 fully saturated rings. The van der Waals surface area contributed by atoms with Crippen molar-refractivity contribution in [1.82, 2.24) is 25.5 Å². The van der Waals surface area contributed by atoms with Gasteiger partial charge in [0.05, 0.1) is 22.9 Å². The lowest BCUT2D eigenvalue weighted by atomic mass is 9.77. The van der Waals surface area contributed by atoms with Crippen LogP contribution in [0.3, 0.4) is 0 Å². The van der Waals surface area contributed by atoms with Crippen LogP contribution in [0.1, 0.15) is 72.1 Å². The van der Waals surface area contributed by atoms with Crippen LogP contribution in [0.25, 0.3) is 16.6 Å². The summed E-state index contributed by atoms with van der Waals surface area (Å²) in [6.07, 6.45) is 12.1. The number of imide groups is 1. The highest BCUT2D eigenvalue weighted by molar-refractivity contribution is 6.07. The number of carbonyl (C=O) groups excluding carboxylic acids is 3. The summed E-state index contributed by atoms with van der Waals surface area (Å²) < 4.78 is 0. The maximum absolute atomic E-state index is 13.1. The number of fused-ring (bicyclic) bond motifs is 2. The molecule has 3 aliphatic rings. The fourth-order valence-electron chi connectivity index (χ4n) is 6.12. The van der Waals surface area contributed by atoms with Crippen molar-refractivity contribution in [2.75, 3.05) is 0 Å². The summed E-state index contributed by atoms with van der Waals surface area (Å²) >= 11 is 0. The first kappa shape index (κ1) is 26.8. The van der Waals surface area contributed by atoms with Gasteiger partial charge in [-0.05, 0) is 67.3 Å². The van der Waals surface area contributed by atoms with Crippen molar-refractivity contribution in [3.63, 3.8) is 0 Å². The number of aromatic nitrogens is 2. The second-order valence-electron chi connectivity index (χ2n) is 11.3. The van der Waals surface area contributed by atoms with Gasteiger partial charge in [-0.25, -0.2) is 4.98 Å². The lowest BCUT2D eigenvalue weighted by Crippen LogP contribution is -2.52. The molecule has 3 aromatic rings. The van der Waals surface area contributed by atoms with Crippen LogP contribution < -0.4 is 10.6 Å². The van der Waals surface area contributed by atoms with E-state index < -0.39 is 6.04 Å². The lowest BCUT2D eigenvalue weighted by molar-refractivity contribution is -0.136. The topological polar surface area (TPSA) is 128 Å². The van der Waals surface area contributed by atoms with E-state index in [9.17, 15) is 14.4 Å². The van der Waals surface area contributed by atoms with Crippen molar-refractivity contribution in [3.8, 4) is 0 Å². The molecule has 0 spiro atoms. The number of aryl methyl sites for hydroxylation is 1. The number of nitrogens with zero attached hydrogens (tertiary/aromatic N) is 3. The molecule has 1 saturated heterocycles. The first-order valence-corrected chi connectivity index (χ1v) is 14.4. The van der Waals surface area contributed by atoms with Gasteiger partial charge < -0.3 is 15.6 Å². The smallest absolute Gasteiger partial charge is 0.255 e. The van der Waals surface area contributed by atoms with Crippen molar-refractivity contribution in [2.45, 2.75) is 70.0 Å². The highest BCUT2D eigenvalue weighted by Gasteiger charge is 2.39. The van der Waals surface area contributed by atoms with Crippen molar-refractivity contribution >= 4 is 40.5 Å². The van der Waals surface area contributed by atoms with E-state index in [4.69, 9.17) is 5.41 Å². The van der Waals surface area contributed by atoms with Gasteiger partial charge in [-0.15, -0.1) is 0 Å². The zero-order valence-electron chi connectivity index (χ0n) is 22.9. The van der Waals surface area contributed by atoms with Gasteiger partial charge >= 0.3 is 0 Å². The van der Waals surface area contributed by atoms with Crippen LogP contribution in [0.15, 0.2) is 54.9 Å². The van der Waals surface area contributed by atoms with Gasteiger partial charge in [-0.2, -0.15) is 0 Å². The molecular formula is C32H34N6O3. The zero-order valence-corrected chi connectivity index (χ0v) is 22.9. The first-order chi connectivity index (χ1) is 20.0. The third-order valence-corrected chi connectivity index (χ3v) is 8.53. The Labute approximate surface area is 239 Å². The monoisotopic (exact) mass is 550 g/mol. The van der Waals surface area contributed by atoms with Crippen molar-refractivity contribution < 1.29 is 14.4 Å². The molecule has 6 rings (SSSR count). The average molecular weight is 551 g/mol. The SMILES string of the molecule is N=C/C(=C\NC1CC(CCCCc2ccc3c(c2)C(=O)N(C2CCC(=O)NC2=O)C3)C1)c1cnc2ccccc2n1. The molecule has 9 nitrogen and oxygen atoms in total. The Bertz CT molecular complexity index is 1540. The zero-order chi connectivity index (χ0) is 28.3. The fourth-order valence-corrected chi connectivity index (χ4v) is 6.12. The lowest BCUT2D eigenvalue weighted by Gasteiger charge is -2.35. The Kier molecular flexibility index (Phi) is 7.59. The minimum absolute atomic E-state index is 0.114. The number of benzene rings is 2. The molecule has 9 heteroatoms.